The highest BCUT2D eigenvalue weighted by Crippen LogP contribution is 2.48. The molecule has 0 bridgehead atoms. The lowest BCUT2D eigenvalue weighted by atomic mass is 9.81. The molecule has 0 atom stereocenters. The molecule has 0 aliphatic heterocycles. The van der Waals surface area contributed by atoms with Crippen molar-refractivity contribution in [2.75, 3.05) is 0 Å². The van der Waals surface area contributed by atoms with E-state index < -0.39 is 38.4 Å². The summed E-state index contributed by atoms with van der Waals surface area (Å²) in [5, 5.41) is 0.350. The molecule has 2 aromatic carbocycles. The Labute approximate surface area is 166 Å². The zero-order chi connectivity index (χ0) is 20.5. The Balaban J connectivity index is 2.12. The molecule has 3 rings (SSSR count). The summed E-state index contributed by atoms with van der Waals surface area (Å²) >= 11 is 5.85. The highest BCUT2D eigenvalue weighted by Gasteiger charge is 2.50. The molecule has 1 fully saturated rings. The van der Waals surface area contributed by atoms with Crippen molar-refractivity contribution in [2.24, 2.45) is 5.73 Å². The van der Waals surface area contributed by atoms with Crippen LogP contribution in [-0.4, -0.2) is 20.6 Å². The van der Waals surface area contributed by atoms with Gasteiger partial charge in [0.25, 0.3) is 0 Å². The largest absolute Gasteiger partial charge is 0.446 e. The number of benzene rings is 2. The molecule has 0 spiro atoms. The first-order valence-corrected chi connectivity index (χ1v) is 10.4. The van der Waals surface area contributed by atoms with Crippen LogP contribution in [0.3, 0.4) is 0 Å². The fraction of sp³-hybridized carbons (Fsp3) is 0.316. The number of hydrogen-bond acceptors (Lipinski definition) is 4. The fourth-order valence-corrected chi connectivity index (χ4v) is 6.00. The SMILES string of the molecule is NC(=O)OC1CCC(c2cc(F)ccc2F)(S(=O)(=O)c2ccc(Cl)cc2)CC1. The molecular formula is C19H18ClF2NO4S. The zero-order valence-electron chi connectivity index (χ0n) is 14.7. The minimum atomic E-state index is -4.12. The molecule has 150 valence electrons. The first kappa shape index (κ1) is 20.5. The maximum atomic E-state index is 14.7. The van der Waals surface area contributed by atoms with Crippen LogP contribution in [0.4, 0.5) is 13.6 Å². The van der Waals surface area contributed by atoms with E-state index in [-0.39, 0.29) is 36.1 Å². The van der Waals surface area contributed by atoms with Crippen molar-refractivity contribution in [3.8, 4) is 0 Å². The van der Waals surface area contributed by atoms with Crippen LogP contribution < -0.4 is 5.73 Å². The lowest BCUT2D eigenvalue weighted by molar-refractivity contribution is 0.0739. The molecule has 0 heterocycles. The van der Waals surface area contributed by atoms with E-state index in [1.165, 1.54) is 24.3 Å². The summed E-state index contributed by atoms with van der Waals surface area (Å²) < 4.78 is 58.9. The fourth-order valence-electron chi connectivity index (χ4n) is 3.71. The van der Waals surface area contributed by atoms with Gasteiger partial charge < -0.3 is 10.5 Å². The van der Waals surface area contributed by atoms with Crippen LogP contribution in [-0.2, 0) is 19.3 Å². The molecule has 2 aromatic rings. The molecule has 9 heteroatoms. The maximum absolute atomic E-state index is 14.7. The second-order valence-electron chi connectivity index (χ2n) is 6.71. The minimum absolute atomic E-state index is 0.0465. The Morgan fingerprint density at radius 2 is 1.71 bits per heavy atom. The molecule has 5 nitrogen and oxygen atoms in total. The van der Waals surface area contributed by atoms with Gasteiger partial charge in [0.2, 0.25) is 0 Å². The molecule has 2 N–H and O–H groups in total. The number of carbonyl (C=O) groups excluding carboxylic acids is 1. The van der Waals surface area contributed by atoms with Gasteiger partial charge in [-0.05, 0) is 68.1 Å². The molecule has 0 saturated heterocycles. The summed E-state index contributed by atoms with van der Waals surface area (Å²) in [4.78, 5) is 11.0. The Morgan fingerprint density at radius 3 is 2.29 bits per heavy atom. The number of rotatable bonds is 4. The molecule has 1 amide bonds. The third kappa shape index (κ3) is 3.71. The van der Waals surface area contributed by atoms with Gasteiger partial charge in [-0.2, -0.15) is 0 Å². The zero-order valence-corrected chi connectivity index (χ0v) is 16.3. The van der Waals surface area contributed by atoms with Crippen LogP contribution in [0.1, 0.15) is 31.2 Å². The number of carbonyl (C=O) groups is 1. The third-order valence-corrected chi connectivity index (χ3v) is 7.88. The van der Waals surface area contributed by atoms with E-state index in [2.05, 4.69) is 0 Å². The Bertz CT molecular complexity index is 987. The number of nitrogens with two attached hydrogens (primary N) is 1. The normalized spacial score (nSPS) is 22.6. The number of hydrogen-bond donors (Lipinski definition) is 1. The number of ether oxygens (including phenoxy) is 1. The predicted octanol–water partition coefficient (Wildman–Crippen LogP) is 4.33. The summed E-state index contributed by atoms with van der Waals surface area (Å²) in [6.07, 6.45) is -1.37. The van der Waals surface area contributed by atoms with Crippen molar-refractivity contribution < 1.29 is 26.7 Å². The predicted molar refractivity (Wildman–Crippen MR) is 99.6 cm³/mol. The minimum Gasteiger partial charge on any atom is -0.446 e. The summed E-state index contributed by atoms with van der Waals surface area (Å²) in [6.45, 7) is 0. The van der Waals surface area contributed by atoms with Crippen molar-refractivity contribution in [3.05, 3.63) is 64.7 Å². The van der Waals surface area contributed by atoms with Gasteiger partial charge in [0.1, 0.15) is 22.5 Å². The standard InChI is InChI=1S/C19H18ClF2NO4S/c20-12-1-4-15(5-2-12)28(25,26)19(16-11-13(21)3-6-17(16)22)9-7-14(8-10-19)27-18(23)24/h1-6,11,14H,7-10H2,(H2,23,24). The lowest BCUT2D eigenvalue weighted by Crippen LogP contribution is -2.43. The third-order valence-electron chi connectivity index (χ3n) is 5.08. The summed E-state index contributed by atoms with van der Waals surface area (Å²) in [7, 11) is -4.12. The molecule has 1 aliphatic carbocycles. The van der Waals surface area contributed by atoms with E-state index in [0.29, 0.717) is 5.02 Å². The summed E-state index contributed by atoms with van der Waals surface area (Å²) in [5.41, 5.74) is 4.80. The van der Waals surface area contributed by atoms with Crippen molar-refractivity contribution in [2.45, 2.75) is 41.4 Å². The Kier molecular flexibility index (Phi) is 5.63. The van der Waals surface area contributed by atoms with E-state index in [9.17, 15) is 22.0 Å². The van der Waals surface area contributed by atoms with Crippen LogP contribution in [0.15, 0.2) is 47.4 Å². The van der Waals surface area contributed by atoms with Gasteiger partial charge in [-0.3, -0.25) is 0 Å². The van der Waals surface area contributed by atoms with Crippen molar-refractivity contribution in [1.29, 1.82) is 0 Å². The lowest BCUT2D eigenvalue weighted by Gasteiger charge is -2.39. The average molecular weight is 430 g/mol. The molecular weight excluding hydrogens is 412 g/mol. The van der Waals surface area contributed by atoms with Gasteiger partial charge in [0.05, 0.1) is 4.90 Å². The van der Waals surface area contributed by atoms with Gasteiger partial charge in [0, 0.05) is 10.6 Å². The van der Waals surface area contributed by atoms with Gasteiger partial charge in [-0.25, -0.2) is 22.0 Å². The average Bonchev–Trinajstić information content (AvgIpc) is 2.64. The smallest absolute Gasteiger partial charge is 0.404 e. The van der Waals surface area contributed by atoms with Crippen LogP contribution in [0, 0.1) is 11.6 Å². The van der Waals surface area contributed by atoms with Crippen molar-refractivity contribution in [3.63, 3.8) is 0 Å². The monoisotopic (exact) mass is 429 g/mol. The molecule has 0 radical (unpaired) electrons. The number of sulfone groups is 1. The van der Waals surface area contributed by atoms with E-state index >= 15 is 0 Å². The van der Waals surface area contributed by atoms with Crippen LogP contribution in [0.5, 0.6) is 0 Å². The highest BCUT2D eigenvalue weighted by molar-refractivity contribution is 7.92. The Morgan fingerprint density at radius 1 is 1.11 bits per heavy atom. The molecule has 0 aromatic heterocycles. The number of primary amides is 1. The van der Waals surface area contributed by atoms with Crippen LogP contribution in [0.25, 0.3) is 0 Å². The maximum Gasteiger partial charge on any atom is 0.404 e. The second kappa shape index (κ2) is 7.67. The first-order valence-electron chi connectivity index (χ1n) is 8.57. The quantitative estimate of drug-likeness (QED) is 0.783. The van der Waals surface area contributed by atoms with E-state index in [1.54, 1.807) is 0 Å². The van der Waals surface area contributed by atoms with Crippen molar-refractivity contribution in [1.82, 2.24) is 0 Å². The van der Waals surface area contributed by atoms with Gasteiger partial charge in [0.15, 0.2) is 9.84 Å². The number of amides is 1. The van der Waals surface area contributed by atoms with E-state index in [4.69, 9.17) is 22.1 Å². The number of halogens is 3. The van der Waals surface area contributed by atoms with Crippen molar-refractivity contribution >= 4 is 27.5 Å². The van der Waals surface area contributed by atoms with E-state index in [1.807, 2.05) is 0 Å². The van der Waals surface area contributed by atoms with Gasteiger partial charge >= 0.3 is 6.09 Å². The van der Waals surface area contributed by atoms with Crippen LogP contribution in [0.2, 0.25) is 5.02 Å². The topological polar surface area (TPSA) is 86.5 Å². The Hall–Kier alpha value is -2.19. The van der Waals surface area contributed by atoms with E-state index in [0.717, 1.165) is 18.2 Å². The summed E-state index contributed by atoms with van der Waals surface area (Å²) in [6, 6.07) is 8.28. The van der Waals surface area contributed by atoms with Gasteiger partial charge in [-0.1, -0.05) is 11.6 Å². The summed E-state index contributed by atoms with van der Waals surface area (Å²) in [5.74, 6) is -1.55. The molecule has 1 saturated carbocycles. The highest BCUT2D eigenvalue weighted by atomic mass is 35.5. The van der Waals surface area contributed by atoms with Crippen LogP contribution >= 0.6 is 11.6 Å². The van der Waals surface area contributed by atoms with Gasteiger partial charge in [-0.15, -0.1) is 0 Å². The first-order chi connectivity index (χ1) is 13.2. The molecule has 28 heavy (non-hydrogen) atoms. The molecule has 0 unspecified atom stereocenters. The second-order valence-corrected chi connectivity index (χ2v) is 9.41. The molecule has 1 aliphatic rings.